The highest BCUT2D eigenvalue weighted by atomic mass is 16.3. The Morgan fingerprint density at radius 3 is 2.47 bits per heavy atom. The molecule has 0 aliphatic heterocycles. The van der Waals surface area contributed by atoms with Gasteiger partial charge in [-0.25, -0.2) is 4.99 Å². The van der Waals surface area contributed by atoms with Gasteiger partial charge < -0.3 is 4.42 Å². The Morgan fingerprint density at radius 2 is 1.95 bits per heavy atom. The maximum absolute atomic E-state index is 6.00. The molecule has 1 aromatic carbocycles. The first-order valence-corrected chi connectivity index (χ1v) is 6.55. The molecular weight excluding hydrogens is 234 g/mol. The van der Waals surface area contributed by atoms with Gasteiger partial charge in [0, 0.05) is 22.2 Å². The summed E-state index contributed by atoms with van der Waals surface area (Å²) in [7, 11) is 0. The van der Waals surface area contributed by atoms with E-state index in [2.05, 4.69) is 50.5 Å². The normalized spacial score (nSPS) is 11.6. The zero-order valence-electron chi connectivity index (χ0n) is 12.4. The lowest BCUT2D eigenvalue weighted by atomic mass is 9.86. The summed E-state index contributed by atoms with van der Waals surface area (Å²) in [6.45, 7) is 14.4. The fraction of sp³-hybridized carbons (Fsp3) is 0.353. The summed E-state index contributed by atoms with van der Waals surface area (Å²) in [5.74, 6) is 0.654. The van der Waals surface area contributed by atoms with Gasteiger partial charge in [-0.2, -0.15) is 0 Å². The van der Waals surface area contributed by atoms with Crippen molar-refractivity contribution in [1.82, 2.24) is 0 Å². The van der Waals surface area contributed by atoms with E-state index in [-0.39, 0.29) is 5.41 Å². The van der Waals surface area contributed by atoms with Crippen molar-refractivity contribution in [2.45, 2.75) is 40.0 Å². The number of benzene rings is 1. The molecule has 0 bridgehead atoms. The monoisotopic (exact) mass is 255 g/mol. The van der Waals surface area contributed by atoms with Crippen molar-refractivity contribution < 1.29 is 4.42 Å². The van der Waals surface area contributed by atoms with Crippen LogP contribution in [0, 0.1) is 0 Å². The second kappa shape index (κ2) is 4.69. The molecule has 2 aromatic rings. The topological polar surface area (TPSA) is 25.5 Å². The molecule has 2 heteroatoms. The van der Waals surface area contributed by atoms with Gasteiger partial charge in [0.05, 0.1) is 0 Å². The Kier molecular flexibility index (Phi) is 3.36. The molecule has 100 valence electrons. The van der Waals surface area contributed by atoms with E-state index in [0.29, 0.717) is 5.88 Å². The van der Waals surface area contributed by atoms with Gasteiger partial charge in [-0.3, -0.25) is 0 Å². The van der Waals surface area contributed by atoms with Crippen LogP contribution in [-0.4, -0.2) is 5.71 Å². The molecule has 0 saturated carbocycles. The molecule has 0 spiro atoms. The fourth-order valence-electron chi connectivity index (χ4n) is 2.20. The maximum atomic E-state index is 6.00. The number of hydrogen-bond donors (Lipinski definition) is 0. The summed E-state index contributed by atoms with van der Waals surface area (Å²) in [5, 5.41) is 1.09. The molecule has 0 aliphatic carbocycles. The van der Waals surface area contributed by atoms with Gasteiger partial charge in [-0.15, -0.1) is 0 Å². The Morgan fingerprint density at radius 1 is 1.26 bits per heavy atom. The summed E-state index contributed by atoms with van der Waals surface area (Å²) in [5.41, 5.74) is 4.10. The van der Waals surface area contributed by atoms with Crippen molar-refractivity contribution in [1.29, 1.82) is 0 Å². The van der Waals surface area contributed by atoms with Gasteiger partial charge in [-0.05, 0) is 19.3 Å². The third kappa shape index (κ3) is 2.48. The van der Waals surface area contributed by atoms with Crippen molar-refractivity contribution >= 4 is 28.6 Å². The SMILES string of the molecule is C=Cc1c(N=C(C)C)oc2c(C(C)(C)C)cccc12. The first-order valence-electron chi connectivity index (χ1n) is 6.55. The molecule has 0 N–H and O–H groups in total. The second-order valence-corrected chi connectivity index (χ2v) is 6.02. The van der Waals surface area contributed by atoms with E-state index < -0.39 is 0 Å². The minimum Gasteiger partial charge on any atom is -0.437 e. The lowest BCUT2D eigenvalue weighted by Crippen LogP contribution is -2.10. The standard InChI is InChI=1S/C17H21NO/c1-7-12-13-9-8-10-14(17(4,5)6)15(13)19-16(12)18-11(2)3/h7-10H,1H2,2-6H3. The number of fused-ring (bicyclic) bond motifs is 1. The third-order valence-electron chi connectivity index (χ3n) is 3.07. The smallest absolute Gasteiger partial charge is 0.227 e. The molecule has 0 unspecified atom stereocenters. The lowest BCUT2D eigenvalue weighted by Gasteiger charge is -2.18. The van der Waals surface area contributed by atoms with E-state index in [1.165, 1.54) is 5.56 Å². The number of aliphatic imine (C=N–C) groups is 1. The maximum Gasteiger partial charge on any atom is 0.227 e. The first-order chi connectivity index (χ1) is 8.84. The van der Waals surface area contributed by atoms with E-state index >= 15 is 0 Å². The van der Waals surface area contributed by atoms with Gasteiger partial charge in [0.15, 0.2) is 0 Å². The summed E-state index contributed by atoms with van der Waals surface area (Å²) in [4.78, 5) is 4.47. The van der Waals surface area contributed by atoms with E-state index in [1.54, 1.807) is 0 Å². The van der Waals surface area contributed by atoms with Crippen LogP contribution in [-0.2, 0) is 5.41 Å². The predicted molar refractivity (Wildman–Crippen MR) is 83.4 cm³/mol. The largest absolute Gasteiger partial charge is 0.437 e. The van der Waals surface area contributed by atoms with Crippen molar-refractivity contribution in [3.05, 3.63) is 35.9 Å². The molecule has 2 nitrogen and oxygen atoms in total. The van der Waals surface area contributed by atoms with Gasteiger partial charge in [-0.1, -0.05) is 51.6 Å². The summed E-state index contributed by atoms with van der Waals surface area (Å²) in [6.07, 6.45) is 1.82. The Bertz CT molecular complexity index is 650. The highest BCUT2D eigenvalue weighted by Gasteiger charge is 2.21. The van der Waals surface area contributed by atoms with E-state index in [4.69, 9.17) is 4.42 Å². The molecule has 19 heavy (non-hydrogen) atoms. The minimum absolute atomic E-state index is 0.0397. The highest BCUT2D eigenvalue weighted by Crippen LogP contribution is 2.38. The van der Waals surface area contributed by atoms with Crippen LogP contribution in [0.4, 0.5) is 5.88 Å². The van der Waals surface area contributed by atoms with Gasteiger partial charge in [0.25, 0.3) is 0 Å². The quantitative estimate of drug-likeness (QED) is 0.652. The number of para-hydroxylation sites is 1. The molecule has 0 radical (unpaired) electrons. The average Bonchev–Trinajstić information content (AvgIpc) is 2.63. The van der Waals surface area contributed by atoms with Crippen molar-refractivity contribution in [2.75, 3.05) is 0 Å². The minimum atomic E-state index is 0.0397. The molecule has 0 amide bonds. The van der Waals surface area contributed by atoms with Gasteiger partial charge in [0.1, 0.15) is 5.58 Å². The van der Waals surface area contributed by atoms with Gasteiger partial charge in [0.2, 0.25) is 5.88 Å². The van der Waals surface area contributed by atoms with Crippen LogP contribution in [0.5, 0.6) is 0 Å². The molecule has 0 atom stereocenters. The summed E-state index contributed by atoms with van der Waals surface area (Å²) >= 11 is 0. The zero-order chi connectivity index (χ0) is 14.2. The fourth-order valence-corrected chi connectivity index (χ4v) is 2.20. The van der Waals surface area contributed by atoms with Crippen LogP contribution in [0.2, 0.25) is 0 Å². The number of rotatable bonds is 2. The molecular formula is C17H21NO. The molecule has 2 rings (SSSR count). The van der Waals surface area contributed by atoms with Crippen LogP contribution in [0.15, 0.2) is 34.2 Å². The lowest BCUT2D eigenvalue weighted by molar-refractivity contribution is 0.562. The number of nitrogens with zero attached hydrogens (tertiary/aromatic N) is 1. The van der Waals surface area contributed by atoms with Crippen LogP contribution >= 0.6 is 0 Å². The first kappa shape index (κ1) is 13.6. The summed E-state index contributed by atoms with van der Waals surface area (Å²) < 4.78 is 6.00. The van der Waals surface area contributed by atoms with Crippen molar-refractivity contribution in [3.63, 3.8) is 0 Å². The highest BCUT2D eigenvalue weighted by molar-refractivity contribution is 5.95. The van der Waals surface area contributed by atoms with E-state index in [0.717, 1.165) is 22.2 Å². The van der Waals surface area contributed by atoms with E-state index in [1.807, 2.05) is 19.9 Å². The third-order valence-corrected chi connectivity index (χ3v) is 3.07. The van der Waals surface area contributed by atoms with E-state index in [9.17, 15) is 0 Å². The summed E-state index contributed by atoms with van der Waals surface area (Å²) in [6, 6.07) is 6.25. The number of hydrogen-bond acceptors (Lipinski definition) is 2. The average molecular weight is 255 g/mol. The van der Waals surface area contributed by atoms with Crippen LogP contribution < -0.4 is 0 Å². The number of furan rings is 1. The van der Waals surface area contributed by atoms with Crippen LogP contribution in [0.1, 0.15) is 45.7 Å². The Balaban J connectivity index is 2.83. The van der Waals surface area contributed by atoms with Gasteiger partial charge >= 0.3 is 0 Å². The molecule has 0 fully saturated rings. The molecule has 0 aliphatic rings. The second-order valence-electron chi connectivity index (χ2n) is 6.02. The molecule has 1 aromatic heterocycles. The van der Waals surface area contributed by atoms with Crippen LogP contribution in [0.3, 0.4) is 0 Å². The van der Waals surface area contributed by atoms with Crippen LogP contribution in [0.25, 0.3) is 17.0 Å². The Labute approximate surface area is 114 Å². The zero-order valence-corrected chi connectivity index (χ0v) is 12.4. The predicted octanol–water partition coefficient (Wildman–Crippen LogP) is 5.49. The van der Waals surface area contributed by atoms with Crippen molar-refractivity contribution in [2.24, 2.45) is 4.99 Å². The molecule has 1 heterocycles. The van der Waals surface area contributed by atoms with Crippen molar-refractivity contribution in [3.8, 4) is 0 Å². The molecule has 0 saturated heterocycles. The Hall–Kier alpha value is -1.83.